The minimum absolute atomic E-state index is 0.438. The van der Waals surface area contributed by atoms with Gasteiger partial charge in [-0.1, -0.05) is 35.9 Å². The highest BCUT2D eigenvalue weighted by Crippen LogP contribution is 2.20. The fraction of sp³-hybridized carbons (Fsp3) is 0. The fourth-order valence-corrected chi connectivity index (χ4v) is 2.29. The minimum Gasteiger partial charge on any atom is -0.438 e. The van der Waals surface area contributed by atoms with E-state index in [0.717, 1.165) is 11.3 Å². The highest BCUT2D eigenvalue weighted by Gasteiger charge is 2.08. The van der Waals surface area contributed by atoms with E-state index in [1.165, 1.54) is 0 Å². The lowest BCUT2D eigenvalue weighted by Gasteiger charge is -2.10. The zero-order valence-corrected chi connectivity index (χ0v) is 13.4. The van der Waals surface area contributed by atoms with Crippen LogP contribution in [0.1, 0.15) is 11.1 Å². The summed E-state index contributed by atoms with van der Waals surface area (Å²) in [6, 6.07) is 25.8. The molecule has 116 valence electrons. The summed E-state index contributed by atoms with van der Waals surface area (Å²) < 4.78 is 5.94. The van der Waals surface area contributed by atoms with Crippen LogP contribution in [0.3, 0.4) is 0 Å². The molecular weight excluding hydrogens is 320 g/mol. The minimum atomic E-state index is 0.438. The van der Waals surface area contributed by atoms with Crippen LogP contribution in [0.4, 0.5) is 5.69 Å². The van der Waals surface area contributed by atoms with Crippen molar-refractivity contribution < 1.29 is 4.74 Å². The van der Waals surface area contributed by atoms with Crippen molar-refractivity contribution >= 4 is 23.2 Å². The Labute approximate surface area is 145 Å². The molecule has 0 aromatic heterocycles. The Kier molecular flexibility index (Phi) is 4.90. The van der Waals surface area contributed by atoms with Gasteiger partial charge in [-0.05, 0) is 54.6 Å². The number of aliphatic imine (C=N–C) groups is 1. The highest BCUT2D eigenvalue weighted by molar-refractivity contribution is 6.31. The smallest absolute Gasteiger partial charge is 0.227 e. The van der Waals surface area contributed by atoms with E-state index in [-0.39, 0.29) is 0 Å². The molecule has 0 amide bonds. The Morgan fingerprint density at radius 3 is 2.33 bits per heavy atom. The molecule has 0 atom stereocenters. The van der Waals surface area contributed by atoms with Gasteiger partial charge in [-0.2, -0.15) is 5.26 Å². The SMILES string of the molecule is N#Cc1ccc(OC(=Nc2ccccc2)c2cccc(Cl)c2)cc1. The number of halogens is 1. The predicted octanol–water partition coefficient (Wildman–Crippen LogP) is 5.37. The number of ether oxygens (including phenoxy) is 1. The molecule has 3 aromatic carbocycles. The number of rotatable bonds is 3. The second-order valence-corrected chi connectivity index (χ2v) is 5.44. The summed E-state index contributed by atoms with van der Waals surface area (Å²) >= 11 is 6.09. The van der Waals surface area contributed by atoms with Crippen LogP contribution in [-0.4, -0.2) is 5.90 Å². The largest absolute Gasteiger partial charge is 0.438 e. The van der Waals surface area contributed by atoms with Gasteiger partial charge in [-0.15, -0.1) is 0 Å². The van der Waals surface area contributed by atoms with Crippen molar-refractivity contribution in [3.8, 4) is 11.8 Å². The molecule has 4 heteroatoms. The Balaban J connectivity index is 1.98. The molecule has 3 rings (SSSR count). The van der Waals surface area contributed by atoms with E-state index < -0.39 is 0 Å². The third kappa shape index (κ3) is 4.01. The third-order valence-electron chi connectivity index (χ3n) is 3.26. The molecule has 0 bridgehead atoms. The molecule has 0 unspecified atom stereocenters. The average molecular weight is 333 g/mol. The van der Waals surface area contributed by atoms with Gasteiger partial charge in [0, 0.05) is 10.6 Å². The van der Waals surface area contributed by atoms with Crippen molar-refractivity contribution in [3.05, 3.63) is 95.0 Å². The first kappa shape index (κ1) is 15.8. The molecule has 3 nitrogen and oxygen atoms in total. The van der Waals surface area contributed by atoms with E-state index in [4.69, 9.17) is 21.6 Å². The van der Waals surface area contributed by atoms with Crippen molar-refractivity contribution in [1.82, 2.24) is 0 Å². The third-order valence-corrected chi connectivity index (χ3v) is 3.49. The van der Waals surface area contributed by atoms with E-state index in [1.54, 1.807) is 36.4 Å². The summed E-state index contributed by atoms with van der Waals surface area (Å²) in [6.45, 7) is 0. The predicted molar refractivity (Wildman–Crippen MR) is 95.9 cm³/mol. The summed E-state index contributed by atoms with van der Waals surface area (Å²) in [5, 5.41) is 9.49. The number of hydrogen-bond acceptors (Lipinski definition) is 3. The van der Waals surface area contributed by atoms with Crippen molar-refractivity contribution in [2.24, 2.45) is 4.99 Å². The Morgan fingerprint density at radius 2 is 1.67 bits per heavy atom. The molecule has 0 aliphatic carbocycles. The highest BCUT2D eigenvalue weighted by atomic mass is 35.5. The van der Waals surface area contributed by atoms with Crippen LogP contribution < -0.4 is 4.74 Å². The molecule has 0 heterocycles. The van der Waals surface area contributed by atoms with Gasteiger partial charge in [0.1, 0.15) is 5.75 Å². The number of nitriles is 1. The van der Waals surface area contributed by atoms with Crippen molar-refractivity contribution in [3.63, 3.8) is 0 Å². The molecule has 24 heavy (non-hydrogen) atoms. The Morgan fingerprint density at radius 1 is 0.917 bits per heavy atom. The van der Waals surface area contributed by atoms with Gasteiger partial charge in [0.15, 0.2) is 0 Å². The molecule has 0 spiro atoms. The van der Waals surface area contributed by atoms with Crippen LogP contribution in [0.25, 0.3) is 0 Å². The van der Waals surface area contributed by atoms with Crippen LogP contribution in [0.5, 0.6) is 5.75 Å². The van der Waals surface area contributed by atoms with Gasteiger partial charge >= 0.3 is 0 Å². The Hall–Kier alpha value is -3.09. The van der Waals surface area contributed by atoms with E-state index >= 15 is 0 Å². The number of benzene rings is 3. The molecule has 0 N–H and O–H groups in total. The lowest BCUT2D eigenvalue weighted by molar-refractivity contribution is 0.553. The fourth-order valence-electron chi connectivity index (χ4n) is 2.10. The number of nitrogens with zero attached hydrogens (tertiary/aromatic N) is 2. The van der Waals surface area contributed by atoms with Crippen molar-refractivity contribution in [2.75, 3.05) is 0 Å². The van der Waals surface area contributed by atoms with E-state index in [1.807, 2.05) is 42.5 Å². The monoisotopic (exact) mass is 332 g/mol. The van der Waals surface area contributed by atoms with Gasteiger partial charge < -0.3 is 4.74 Å². The topological polar surface area (TPSA) is 45.4 Å². The van der Waals surface area contributed by atoms with Crippen LogP contribution >= 0.6 is 11.6 Å². The van der Waals surface area contributed by atoms with E-state index in [9.17, 15) is 0 Å². The maximum absolute atomic E-state index is 8.88. The number of hydrogen-bond donors (Lipinski definition) is 0. The summed E-state index contributed by atoms with van der Waals surface area (Å²) in [6.07, 6.45) is 0. The zero-order valence-electron chi connectivity index (χ0n) is 12.7. The second kappa shape index (κ2) is 7.45. The van der Waals surface area contributed by atoms with Crippen LogP contribution in [-0.2, 0) is 0 Å². The van der Waals surface area contributed by atoms with Gasteiger partial charge in [0.2, 0.25) is 5.90 Å². The van der Waals surface area contributed by atoms with Crippen LogP contribution in [0, 0.1) is 11.3 Å². The van der Waals surface area contributed by atoms with Gasteiger partial charge in [0.05, 0.1) is 17.3 Å². The summed E-state index contributed by atoms with van der Waals surface area (Å²) in [5.74, 6) is 1.04. The first-order chi connectivity index (χ1) is 11.7. The first-order valence-corrected chi connectivity index (χ1v) is 7.70. The van der Waals surface area contributed by atoms with Crippen molar-refractivity contribution in [2.45, 2.75) is 0 Å². The molecule has 0 saturated carbocycles. The second-order valence-electron chi connectivity index (χ2n) is 5.00. The lowest BCUT2D eigenvalue weighted by atomic mass is 10.2. The van der Waals surface area contributed by atoms with Crippen LogP contribution in [0.15, 0.2) is 83.9 Å². The summed E-state index contributed by atoms with van der Waals surface area (Å²) in [5.41, 5.74) is 2.13. The molecule has 0 aliphatic rings. The molecular formula is C20H13ClN2O. The van der Waals surface area contributed by atoms with E-state index in [0.29, 0.717) is 22.2 Å². The molecule has 0 radical (unpaired) electrons. The lowest BCUT2D eigenvalue weighted by Crippen LogP contribution is -2.10. The van der Waals surface area contributed by atoms with Crippen LogP contribution in [0.2, 0.25) is 5.02 Å². The zero-order chi connectivity index (χ0) is 16.8. The first-order valence-electron chi connectivity index (χ1n) is 7.32. The van der Waals surface area contributed by atoms with Gasteiger partial charge in [0.25, 0.3) is 0 Å². The average Bonchev–Trinajstić information content (AvgIpc) is 2.63. The number of para-hydroxylation sites is 1. The van der Waals surface area contributed by atoms with Gasteiger partial charge in [-0.25, -0.2) is 4.99 Å². The standard InChI is InChI=1S/C20H13ClN2O/c21-17-6-4-5-16(13-17)20(23-18-7-2-1-3-8-18)24-19-11-9-15(14-22)10-12-19/h1-13H. The molecule has 3 aromatic rings. The molecule has 0 aliphatic heterocycles. The summed E-state index contributed by atoms with van der Waals surface area (Å²) in [7, 11) is 0. The normalized spacial score (nSPS) is 10.9. The van der Waals surface area contributed by atoms with Gasteiger partial charge in [-0.3, -0.25) is 0 Å². The maximum Gasteiger partial charge on any atom is 0.227 e. The molecule has 0 fully saturated rings. The molecule has 0 saturated heterocycles. The summed E-state index contributed by atoms with van der Waals surface area (Å²) in [4.78, 5) is 4.58. The maximum atomic E-state index is 8.88. The quantitative estimate of drug-likeness (QED) is 0.478. The Bertz CT molecular complexity index is 897. The van der Waals surface area contributed by atoms with Crippen molar-refractivity contribution in [1.29, 1.82) is 5.26 Å². The van der Waals surface area contributed by atoms with E-state index in [2.05, 4.69) is 11.1 Å².